The minimum absolute atomic E-state index is 0.0190. The summed E-state index contributed by atoms with van der Waals surface area (Å²) in [5.74, 6) is 0.00882. The molecule has 10 heteroatoms. The summed E-state index contributed by atoms with van der Waals surface area (Å²) in [6.07, 6.45) is 9.21. The van der Waals surface area contributed by atoms with E-state index < -0.39 is 23.9 Å². The molecule has 0 spiro atoms. The number of carbonyl (C=O) groups excluding carboxylic acids is 4. The van der Waals surface area contributed by atoms with Crippen molar-refractivity contribution in [2.45, 2.75) is 77.4 Å². The first-order valence-corrected chi connectivity index (χ1v) is 16.8. The molecule has 0 heterocycles. The van der Waals surface area contributed by atoms with E-state index in [4.69, 9.17) is 28.4 Å². The van der Waals surface area contributed by atoms with Gasteiger partial charge in [-0.1, -0.05) is 13.2 Å². The third kappa shape index (κ3) is 14.8. The maximum Gasteiger partial charge on any atom is 0.343 e. The fraction of sp³-hybridized carbons (Fsp3) is 0.350. The van der Waals surface area contributed by atoms with Crippen molar-refractivity contribution in [2.24, 2.45) is 0 Å². The van der Waals surface area contributed by atoms with Crippen LogP contribution in [0.5, 0.6) is 23.0 Å². The number of benzene rings is 3. The number of unbranched alkanes of at least 4 members (excludes halogenated alkanes) is 4. The van der Waals surface area contributed by atoms with Crippen molar-refractivity contribution in [3.8, 4) is 23.0 Å². The second kappa shape index (κ2) is 21.6. The Morgan fingerprint density at radius 1 is 0.520 bits per heavy atom. The van der Waals surface area contributed by atoms with Crippen LogP contribution in [-0.4, -0.2) is 49.3 Å². The lowest BCUT2D eigenvalue weighted by molar-refractivity contribution is -0.138. The SMILES string of the molecule is C=CC(=O)OCCCCCC(C)Oc1ccc(C(=O)Oc2ccc(OC(=O)c3ccc(OC(C)CCCCCOC(=O)C=C)cc3)cc2)cc1. The van der Waals surface area contributed by atoms with E-state index in [9.17, 15) is 19.2 Å². The van der Waals surface area contributed by atoms with Gasteiger partial charge in [0.05, 0.1) is 36.5 Å². The molecule has 0 aliphatic rings. The molecule has 0 radical (unpaired) electrons. The molecule has 0 amide bonds. The quantitative estimate of drug-likeness (QED) is 0.0442. The van der Waals surface area contributed by atoms with Gasteiger partial charge in [-0.15, -0.1) is 0 Å². The zero-order valence-electron chi connectivity index (χ0n) is 28.8. The molecule has 3 aromatic rings. The van der Waals surface area contributed by atoms with Crippen LogP contribution in [0.4, 0.5) is 0 Å². The van der Waals surface area contributed by atoms with Gasteiger partial charge in [0.1, 0.15) is 23.0 Å². The van der Waals surface area contributed by atoms with Gasteiger partial charge < -0.3 is 28.4 Å². The fourth-order valence-corrected chi connectivity index (χ4v) is 4.71. The molecule has 3 rings (SSSR count). The topological polar surface area (TPSA) is 124 Å². The molecule has 0 aliphatic carbocycles. The molecule has 0 saturated carbocycles. The van der Waals surface area contributed by atoms with Crippen molar-refractivity contribution in [3.05, 3.63) is 109 Å². The zero-order valence-corrected chi connectivity index (χ0v) is 28.8. The Morgan fingerprint density at radius 3 is 1.20 bits per heavy atom. The van der Waals surface area contributed by atoms with E-state index in [0.717, 1.165) is 63.5 Å². The average molecular weight is 687 g/mol. The number of rotatable bonds is 22. The largest absolute Gasteiger partial charge is 0.491 e. The maximum absolute atomic E-state index is 12.7. The first-order valence-electron chi connectivity index (χ1n) is 16.8. The smallest absolute Gasteiger partial charge is 0.343 e. The van der Waals surface area contributed by atoms with Crippen molar-refractivity contribution in [2.75, 3.05) is 13.2 Å². The van der Waals surface area contributed by atoms with E-state index in [-0.39, 0.29) is 12.2 Å². The Bertz CT molecular complexity index is 1410. The molecule has 0 aromatic heterocycles. The van der Waals surface area contributed by atoms with Crippen LogP contribution in [0.3, 0.4) is 0 Å². The lowest BCUT2D eigenvalue weighted by atomic mass is 10.1. The maximum atomic E-state index is 12.7. The summed E-state index contributed by atoms with van der Waals surface area (Å²) in [4.78, 5) is 47.5. The monoisotopic (exact) mass is 686 g/mol. The van der Waals surface area contributed by atoms with Gasteiger partial charge in [-0.05, 0) is 138 Å². The Kier molecular flexibility index (Phi) is 16.8. The highest BCUT2D eigenvalue weighted by Gasteiger charge is 2.13. The van der Waals surface area contributed by atoms with Gasteiger partial charge in [0.15, 0.2) is 0 Å². The molecule has 50 heavy (non-hydrogen) atoms. The van der Waals surface area contributed by atoms with Crippen LogP contribution in [0.1, 0.15) is 85.9 Å². The lowest BCUT2D eigenvalue weighted by Crippen LogP contribution is -2.13. The summed E-state index contributed by atoms with van der Waals surface area (Å²) in [5.41, 5.74) is 0.722. The van der Waals surface area contributed by atoms with Gasteiger partial charge in [-0.3, -0.25) is 0 Å². The molecular formula is C40H46O10. The van der Waals surface area contributed by atoms with Crippen LogP contribution in [0, 0.1) is 0 Å². The fourth-order valence-electron chi connectivity index (χ4n) is 4.71. The lowest BCUT2D eigenvalue weighted by Gasteiger charge is -2.15. The van der Waals surface area contributed by atoms with Crippen LogP contribution >= 0.6 is 0 Å². The molecule has 0 aliphatic heterocycles. The molecule has 2 unspecified atom stereocenters. The molecule has 10 nitrogen and oxygen atoms in total. The highest BCUT2D eigenvalue weighted by atomic mass is 16.5. The minimum atomic E-state index is -0.533. The Morgan fingerprint density at radius 2 is 0.860 bits per heavy atom. The van der Waals surface area contributed by atoms with E-state index in [0.29, 0.717) is 47.3 Å². The van der Waals surface area contributed by atoms with Crippen molar-refractivity contribution < 1.29 is 47.6 Å². The van der Waals surface area contributed by atoms with Crippen LogP contribution in [0.15, 0.2) is 98.1 Å². The summed E-state index contributed by atoms with van der Waals surface area (Å²) in [7, 11) is 0. The second-order valence-electron chi connectivity index (χ2n) is 11.6. The van der Waals surface area contributed by atoms with Crippen molar-refractivity contribution in [1.82, 2.24) is 0 Å². The Hall–Kier alpha value is -5.38. The number of esters is 4. The first kappa shape index (κ1) is 39.1. The summed E-state index contributed by atoms with van der Waals surface area (Å²) < 4.78 is 32.8. The van der Waals surface area contributed by atoms with E-state index in [1.807, 2.05) is 13.8 Å². The zero-order chi connectivity index (χ0) is 36.1. The standard InChI is InChI=1S/C40H46O10/c1-5-37(41)45-27-11-7-9-13-29(3)47-33-19-15-31(16-20-33)39(43)49-35-23-25-36(26-24-35)50-40(44)32-17-21-34(22-18-32)48-30(4)14-10-8-12-28-46-38(42)6-2/h5-6,15-26,29-30H,1-2,7-14,27-28H2,3-4H3. The van der Waals surface area contributed by atoms with E-state index in [1.165, 1.54) is 0 Å². The van der Waals surface area contributed by atoms with Crippen LogP contribution in [0.2, 0.25) is 0 Å². The number of hydrogen-bond acceptors (Lipinski definition) is 10. The third-order valence-electron chi connectivity index (χ3n) is 7.43. The molecule has 266 valence electrons. The van der Waals surface area contributed by atoms with Crippen molar-refractivity contribution in [3.63, 3.8) is 0 Å². The first-order chi connectivity index (χ1) is 24.2. The van der Waals surface area contributed by atoms with Gasteiger partial charge in [0.2, 0.25) is 0 Å². The van der Waals surface area contributed by atoms with E-state index >= 15 is 0 Å². The van der Waals surface area contributed by atoms with Crippen LogP contribution < -0.4 is 18.9 Å². The Labute approximate surface area is 294 Å². The van der Waals surface area contributed by atoms with Gasteiger partial charge in [0, 0.05) is 12.2 Å². The van der Waals surface area contributed by atoms with Gasteiger partial charge in [0.25, 0.3) is 0 Å². The number of hydrogen-bond donors (Lipinski definition) is 0. The van der Waals surface area contributed by atoms with Gasteiger partial charge in [-0.25, -0.2) is 19.2 Å². The van der Waals surface area contributed by atoms with Crippen molar-refractivity contribution in [1.29, 1.82) is 0 Å². The van der Waals surface area contributed by atoms with Crippen LogP contribution in [0.25, 0.3) is 0 Å². The normalized spacial score (nSPS) is 11.7. The highest BCUT2D eigenvalue weighted by molar-refractivity contribution is 5.92. The summed E-state index contributed by atoms with van der Waals surface area (Å²) in [6.45, 7) is 11.5. The van der Waals surface area contributed by atoms with Crippen LogP contribution in [-0.2, 0) is 19.1 Å². The predicted octanol–water partition coefficient (Wildman–Crippen LogP) is 8.24. The molecule has 2 atom stereocenters. The molecule has 0 saturated heterocycles. The summed E-state index contributed by atoms with van der Waals surface area (Å²) in [6, 6.07) is 19.7. The summed E-state index contributed by atoms with van der Waals surface area (Å²) in [5, 5.41) is 0. The molecule has 0 bridgehead atoms. The molecule has 0 N–H and O–H groups in total. The van der Waals surface area contributed by atoms with Gasteiger partial charge in [-0.2, -0.15) is 0 Å². The Balaban J connectivity index is 1.36. The highest BCUT2D eigenvalue weighted by Crippen LogP contribution is 2.22. The van der Waals surface area contributed by atoms with E-state index in [1.54, 1.807) is 72.8 Å². The third-order valence-corrected chi connectivity index (χ3v) is 7.43. The molecular weight excluding hydrogens is 640 g/mol. The molecule has 0 fully saturated rings. The predicted molar refractivity (Wildman–Crippen MR) is 189 cm³/mol. The number of ether oxygens (including phenoxy) is 6. The van der Waals surface area contributed by atoms with Gasteiger partial charge >= 0.3 is 23.9 Å². The summed E-state index contributed by atoms with van der Waals surface area (Å²) >= 11 is 0. The van der Waals surface area contributed by atoms with E-state index in [2.05, 4.69) is 13.2 Å². The number of carbonyl (C=O) groups is 4. The minimum Gasteiger partial charge on any atom is -0.491 e. The average Bonchev–Trinajstić information content (AvgIpc) is 3.12. The second-order valence-corrected chi connectivity index (χ2v) is 11.6. The molecule has 3 aromatic carbocycles. The van der Waals surface area contributed by atoms with Crippen molar-refractivity contribution >= 4 is 23.9 Å².